The zero-order valence-corrected chi connectivity index (χ0v) is 25.5. The van der Waals surface area contributed by atoms with Crippen molar-refractivity contribution in [1.82, 2.24) is 35.7 Å². The minimum Gasteiger partial charge on any atom is -0.490 e. The summed E-state index contributed by atoms with van der Waals surface area (Å²) in [6.07, 6.45) is 1.57. The molecule has 0 aliphatic carbocycles. The number of rotatable bonds is 9. The molecule has 0 bridgehead atoms. The summed E-state index contributed by atoms with van der Waals surface area (Å²) in [5, 5.41) is 12.8. The molecule has 13 heteroatoms. The number of nitrogens with one attached hydrogen (secondary N) is 4. The van der Waals surface area contributed by atoms with Crippen LogP contribution >= 0.6 is 0 Å². The smallest absolute Gasteiger partial charge is 0.270 e. The Hall–Kier alpha value is -4.78. The Morgan fingerprint density at radius 3 is 2.71 bits per heavy atom. The van der Waals surface area contributed by atoms with Crippen LogP contribution in [-0.2, 0) is 26.8 Å². The summed E-state index contributed by atoms with van der Waals surface area (Å²) in [6, 6.07) is 10.0. The number of H-pyrrole nitrogens is 1. The van der Waals surface area contributed by atoms with Crippen LogP contribution in [-0.4, -0.2) is 69.4 Å². The van der Waals surface area contributed by atoms with Gasteiger partial charge >= 0.3 is 0 Å². The molecule has 2 aromatic heterocycles. The van der Waals surface area contributed by atoms with Crippen molar-refractivity contribution in [2.45, 2.75) is 56.7 Å². The van der Waals surface area contributed by atoms with E-state index in [1.54, 1.807) is 26.1 Å². The zero-order chi connectivity index (χ0) is 31.9. The molecule has 2 aliphatic rings. The number of carbonyl (C=O) groups excluding carboxylic acids is 3. The summed E-state index contributed by atoms with van der Waals surface area (Å²) in [5.74, 6) is -0.827. The molecule has 6 rings (SSSR count). The molecular weight excluding hydrogens is 581 g/mol. The lowest BCUT2D eigenvalue weighted by Crippen LogP contribution is -2.52. The molecule has 4 N–H and O–H groups in total. The number of aromatic nitrogens is 4. The molecule has 3 amide bonds. The number of hydrogen-bond donors (Lipinski definition) is 4. The Morgan fingerprint density at radius 2 is 2.00 bits per heavy atom. The SMILES string of the molecule is CCNC(=O)[C@@H](C)NC(=O)C1(c2ccc3nc([C@@H](NC(=O)c4ccnn4C)[C@H]4c5cc(F)ccc5OC4C)[nH]c3c2)CCOC1. The number of amides is 3. The molecule has 1 saturated heterocycles. The van der Waals surface area contributed by atoms with Crippen LogP contribution in [0, 0.1) is 5.82 Å². The molecular formula is C32H36FN7O5. The standard InChI is InChI=1S/C32H36FN7O5/c1-5-34-29(41)17(2)36-31(43)32(11-13-44-16-32)19-6-8-22-23(14-19)38-28(37-22)27(39-30(42)24-10-12-35-40(24)4)26-18(3)45-25-9-7-20(33)15-21(25)26/h6-10,12,14-15,17-18,26-27H,5,11,13,16H2,1-4H3,(H,34,41)(H,36,43)(H,37,38)(H,39,42)/t17-,18?,26-,27+,32?/m1/s1. The highest BCUT2D eigenvalue weighted by Crippen LogP contribution is 2.45. The number of hydrogen-bond acceptors (Lipinski definition) is 7. The number of aromatic amines is 1. The van der Waals surface area contributed by atoms with Crippen LogP contribution in [0.4, 0.5) is 4.39 Å². The molecule has 4 heterocycles. The maximum Gasteiger partial charge on any atom is 0.270 e. The molecule has 1 fully saturated rings. The van der Waals surface area contributed by atoms with Gasteiger partial charge < -0.3 is 30.4 Å². The van der Waals surface area contributed by atoms with Crippen LogP contribution in [0.1, 0.15) is 66.6 Å². The number of benzene rings is 2. The van der Waals surface area contributed by atoms with Crippen LogP contribution in [0.5, 0.6) is 5.75 Å². The van der Waals surface area contributed by atoms with E-state index in [4.69, 9.17) is 14.5 Å². The summed E-state index contributed by atoms with van der Waals surface area (Å²) in [7, 11) is 1.67. The average Bonchev–Trinajstić information content (AvgIpc) is 3.81. The number of aryl methyl sites for hydroxylation is 1. The zero-order valence-electron chi connectivity index (χ0n) is 25.5. The van der Waals surface area contributed by atoms with Gasteiger partial charge in [-0.25, -0.2) is 9.37 Å². The van der Waals surface area contributed by atoms with Crippen molar-refractivity contribution in [3.63, 3.8) is 0 Å². The minimum absolute atomic E-state index is 0.163. The van der Waals surface area contributed by atoms with Gasteiger partial charge in [0.15, 0.2) is 0 Å². The molecule has 45 heavy (non-hydrogen) atoms. The van der Waals surface area contributed by atoms with Crippen LogP contribution < -0.4 is 20.7 Å². The first kappa shape index (κ1) is 30.3. The number of nitrogens with zero attached hydrogens (tertiary/aromatic N) is 3. The lowest BCUT2D eigenvalue weighted by molar-refractivity contribution is -0.132. The third-order valence-electron chi connectivity index (χ3n) is 8.74. The minimum atomic E-state index is -1.00. The largest absolute Gasteiger partial charge is 0.490 e. The number of ether oxygens (including phenoxy) is 2. The van der Waals surface area contributed by atoms with Gasteiger partial charge in [0.2, 0.25) is 11.8 Å². The summed E-state index contributed by atoms with van der Waals surface area (Å²) in [5.41, 5.74) is 1.94. The molecule has 0 spiro atoms. The predicted molar refractivity (Wildman–Crippen MR) is 162 cm³/mol. The van der Waals surface area contributed by atoms with Gasteiger partial charge in [-0.15, -0.1) is 0 Å². The maximum absolute atomic E-state index is 14.4. The predicted octanol–water partition coefficient (Wildman–Crippen LogP) is 2.77. The van der Waals surface area contributed by atoms with Crippen molar-refractivity contribution in [1.29, 1.82) is 0 Å². The van der Waals surface area contributed by atoms with Gasteiger partial charge in [0, 0.05) is 32.0 Å². The normalized spacial score (nSPS) is 22.0. The molecule has 2 aliphatic heterocycles. The number of imidazole rings is 1. The third-order valence-corrected chi connectivity index (χ3v) is 8.74. The van der Waals surface area contributed by atoms with E-state index in [-0.39, 0.29) is 24.3 Å². The van der Waals surface area contributed by atoms with E-state index in [1.165, 1.54) is 23.0 Å². The van der Waals surface area contributed by atoms with E-state index in [9.17, 15) is 18.8 Å². The highest BCUT2D eigenvalue weighted by Gasteiger charge is 2.45. The van der Waals surface area contributed by atoms with Crippen molar-refractivity contribution in [2.24, 2.45) is 7.05 Å². The van der Waals surface area contributed by atoms with E-state index >= 15 is 0 Å². The fourth-order valence-electron chi connectivity index (χ4n) is 6.31. The van der Waals surface area contributed by atoms with E-state index in [2.05, 4.69) is 26.0 Å². The number of carbonyl (C=O) groups is 3. The second kappa shape index (κ2) is 12.0. The molecule has 12 nitrogen and oxygen atoms in total. The van der Waals surface area contributed by atoms with Gasteiger partial charge in [-0.05, 0) is 69.2 Å². The van der Waals surface area contributed by atoms with Crippen molar-refractivity contribution >= 4 is 28.8 Å². The summed E-state index contributed by atoms with van der Waals surface area (Å²) >= 11 is 0. The Labute approximate surface area is 259 Å². The van der Waals surface area contributed by atoms with Crippen LogP contribution in [0.3, 0.4) is 0 Å². The van der Waals surface area contributed by atoms with Gasteiger partial charge in [0.25, 0.3) is 5.91 Å². The first-order valence-corrected chi connectivity index (χ1v) is 15.0. The van der Waals surface area contributed by atoms with Crippen molar-refractivity contribution in [3.8, 4) is 5.75 Å². The Balaban J connectivity index is 1.37. The Morgan fingerprint density at radius 1 is 1.18 bits per heavy atom. The van der Waals surface area contributed by atoms with E-state index in [0.29, 0.717) is 59.0 Å². The summed E-state index contributed by atoms with van der Waals surface area (Å²) in [4.78, 5) is 47.7. The monoisotopic (exact) mass is 617 g/mol. The lowest BCUT2D eigenvalue weighted by atomic mass is 9.78. The first-order valence-electron chi connectivity index (χ1n) is 15.0. The van der Waals surface area contributed by atoms with Gasteiger partial charge in [-0.3, -0.25) is 19.1 Å². The highest BCUT2D eigenvalue weighted by atomic mass is 19.1. The Bertz CT molecular complexity index is 1760. The first-order chi connectivity index (χ1) is 21.6. The van der Waals surface area contributed by atoms with Gasteiger partial charge in [-0.2, -0.15) is 5.10 Å². The average molecular weight is 618 g/mol. The van der Waals surface area contributed by atoms with E-state index in [1.807, 2.05) is 32.0 Å². The Kier molecular flexibility index (Phi) is 8.04. The van der Waals surface area contributed by atoms with Gasteiger partial charge in [0.1, 0.15) is 35.2 Å². The summed E-state index contributed by atoms with van der Waals surface area (Å²) in [6.45, 7) is 6.36. The van der Waals surface area contributed by atoms with Crippen molar-refractivity contribution in [3.05, 3.63) is 77.1 Å². The molecule has 4 aromatic rings. The molecule has 236 valence electrons. The highest BCUT2D eigenvalue weighted by molar-refractivity contribution is 5.94. The van der Waals surface area contributed by atoms with Crippen molar-refractivity contribution < 1.29 is 28.2 Å². The number of halogens is 1. The molecule has 2 aromatic carbocycles. The van der Waals surface area contributed by atoms with Crippen LogP contribution in [0.15, 0.2) is 48.7 Å². The van der Waals surface area contributed by atoms with Crippen LogP contribution in [0.2, 0.25) is 0 Å². The van der Waals surface area contributed by atoms with Gasteiger partial charge in [-0.1, -0.05) is 6.07 Å². The third kappa shape index (κ3) is 5.52. The fraction of sp³-hybridized carbons (Fsp3) is 0.406. The fourth-order valence-corrected chi connectivity index (χ4v) is 6.31. The lowest BCUT2D eigenvalue weighted by Gasteiger charge is -2.28. The summed E-state index contributed by atoms with van der Waals surface area (Å²) < 4.78 is 27.7. The molecule has 2 unspecified atom stereocenters. The maximum atomic E-state index is 14.4. The van der Waals surface area contributed by atoms with Gasteiger partial charge in [0.05, 0.1) is 35.0 Å². The van der Waals surface area contributed by atoms with E-state index < -0.39 is 35.3 Å². The topological polar surface area (TPSA) is 152 Å². The number of likely N-dealkylation sites (N-methyl/N-ethyl adjacent to an activating group) is 1. The second-order valence-electron chi connectivity index (χ2n) is 11.7. The molecule has 0 saturated carbocycles. The van der Waals surface area contributed by atoms with Crippen molar-refractivity contribution in [2.75, 3.05) is 19.8 Å². The molecule has 5 atom stereocenters. The quantitative estimate of drug-likeness (QED) is 0.225. The number of fused-ring (bicyclic) bond motifs is 2. The molecule has 0 radical (unpaired) electrons. The second-order valence-corrected chi connectivity index (χ2v) is 11.7. The van der Waals surface area contributed by atoms with E-state index in [0.717, 1.165) is 0 Å². The van der Waals surface area contributed by atoms with Crippen LogP contribution in [0.25, 0.3) is 11.0 Å².